The molecule has 0 radical (unpaired) electrons. The predicted octanol–water partition coefficient (Wildman–Crippen LogP) is 1.13. The van der Waals surface area contributed by atoms with Gasteiger partial charge in [-0.15, -0.1) is 0 Å². The van der Waals surface area contributed by atoms with Crippen LogP contribution in [-0.2, 0) is 4.79 Å². The van der Waals surface area contributed by atoms with Gasteiger partial charge in [0.15, 0.2) is 0 Å². The first-order chi connectivity index (χ1) is 3.72. The zero-order valence-electron chi connectivity index (χ0n) is 5.42. The van der Waals surface area contributed by atoms with Crippen LogP contribution in [0.2, 0.25) is 0 Å². The summed E-state index contributed by atoms with van der Waals surface area (Å²) in [6.07, 6.45) is 2.73. The topological polar surface area (TPSA) is 20.3 Å². The molecule has 0 aromatic heterocycles. The molecule has 0 N–H and O–H groups in total. The number of rotatable bonds is 3. The van der Waals surface area contributed by atoms with Crippen molar-refractivity contribution in [2.75, 3.05) is 6.26 Å². The number of carbonyl (C=O) groups excluding carboxylic acids is 1. The lowest BCUT2D eigenvalue weighted by atomic mass is 10.4. The van der Waals surface area contributed by atoms with Gasteiger partial charge in [0, 0.05) is 12.3 Å². The third kappa shape index (κ3) is 2.21. The van der Waals surface area contributed by atoms with Crippen LogP contribution < -0.4 is 0 Å². The molecule has 0 spiro atoms. The van der Waals surface area contributed by atoms with Crippen LogP contribution in [0.3, 0.4) is 0 Å². The Morgan fingerprint density at radius 1 is 1.62 bits per heavy atom. The highest BCUT2D eigenvalue weighted by molar-refractivity contribution is 7.96. The van der Waals surface area contributed by atoms with Crippen molar-refractivity contribution >= 4 is 18.4 Å². The summed E-state index contributed by atoms with van der Waals surface area (Å²) in [5.74, 6) is 0. The van der Waals surface area contributed by atoms with E-state index in [1.54, 1.807) is 4.31 Å². The van der Waals surface area contributed by atoms with Crippen LogP contribution in [0, 0.1) is 0 Å². The molecule has 0 aromatic carbocycles. The van der Waals surface area contributed by atoms with Crippen LogP contribution in [0.15, 0.2) is 0 Å². The van der Waals surface area contributed by atoms with Crippen molar-refractivity contribution in [2.24, 2.45) is 0 Å². The molecule has 0 aliphatic carbocycles. The van der Waals surface area contributed by atoms with Gasteiger partial charge in [0.2, 0.25) is 6.41 Å². The largest absolute Gasteiger partial charge is 0.287 e. The quantitative estimate of drug-likeness (QED) is 0.425. The van der Waals surface area contributed by atoms with Crippen molar-refractivity contribution in [1.82, 2.24) is 4.31 Å². The average Bonchev–Trinajstić information content (AvgIpc) is 1.69. The Balaban J connectivity index is 3.51. The maximum Gasteiger partial charge on any atom is 0.219 e. The summed E-state index contributed by atoms with van der Waals surface area (Å²) in [6, 6.07) is 0.308. The second-order valence-corrected chi connectivity index (χ2v) is 2.53. The summed E-state index contributed by atoms with van der Waals surface area (Å²) < 4.78 is 1.65. The Labute approximate surface area is 54.4 Å². The van der Waals surface area contributed by atoms with E-state index >= 15 is 0 Å². The van der Waals surface area contributed by atoms with E-state index in [1.807, 2.05) is 20.1 Å². The van der Waals surface area contributed by atoms with E-state index < -0.39 is 0 Å². The van der Waals surface area contributed by atoms with E-state index in [-0.39, 0.29) is 0 Å². The van der Waals surface area contributed by atoms with Gasteiger partial charge in [0.1, 0.15) is 0 Å². The molecule has 0 saturated carbocycles. The fourth-order valence-corrected chi connectivity index (χ4v) is 0.883. The Kier molecular flexibility index (Phi) is 3.69. The molecule has 0 aliphatic heterocycles. The predicted molar refractivity (Wildman–Crippen MR) is 36.6 cm³/mol. The van der Waals surface area contributed by atoms with Gasteiger partial charge in [-0.25, -0.2) is 0 Å². The number of hydrogen-bond acceptors (Lipinski definition) is 2. The molecule has 3 heteroatoms. The van der Waals surface area contributed by atoms with Gasteiger partial charge < -0.3 is 0 Å². The lowest BCUT2D eigenvalue weighted by Gasteiger charge is -2.16. The summed E-state index contributed by atoms with van der Waals surface area (Å²) in [4.78, 5) is 10.1. The van der Waals surface area contributed by atoms with Crippen molar-refractivity contribution < 1.29 is 4.79 Å². The summed E-state index contributed by atoms with van der Waals surface area (Å²) >= 11 is 1.44. The number of nitrogens with zero attached hydrogens (tertiary/aromatic N) is 1. The minimum absolute atomic E-state index is 0.308. The van der Waals surface area contributed by atoms with Crippen LogP contribution >= 0.6 is 11.9 Å². The highest BCUT2D eigenvalue weighted by atomic mass is 32.2. The first-order valence-electron chi connectivity index (χ1n) is 2.50. The van der Waals surface area contributed by atoms with Gasteiger partial charge in [-0.2, -0.15) is 0 Å². The molecular weight excluding hydrogens is 122 g/mol. The molecule has 0 aliphatic rings. The second-order valence-electron chi connectivity index (χ2n) is 1.74. The first kappa shape index (κ1) is 7.82. The maximum absolute atomic E-state index is 10.1. The van der Waals surface area contributed by atoms with Crippen molar-refractivity contribution in [2.45, 2.75) is 19.9 Å². The third-order valence-electron chi connectivity index (χ3n) is 0.824. The van der Waals surface area contributed by atoms with E-state index in [4.69, 9.17) is 0 Å². The average molecular weight is 133 g/mol. The summed E-state index contributed by atoms with van der Waals surface area (Å²) in [7, 11) is 0. The van der Waals surface area contributed by atoms with Crippen LogP contribution in [0.25, 0.3) is 0 Å². The van der Waals surface area contributed by atoms with Gasteiger partial charge in [-0.1, -0.05) is 11.9 Å². The zero-order valence-corrected chi connectivity index (χ0v) is 6.23. The molecule has 8 heavy (non-hydrogen) atoms. The molecule has 0 aromatic rings. The molecular formula is C5H11NOS. The Morgan fingerprint density at radius 3 is 2.12 bits per heavy atom. The van der Waals surface area contributed by atoms with Gasteiger partial charge in [0.05, 0.1) is 0 Å². The SMILES string of the molecule is CSN(C=O)C(C)C. The lowest BCUT2D eigenvalue weighted by Crippen LogP contribution is -2.21. The van der Waals surface area contributed by atoms with Crippen LogP contribution in [0.5, 0.6) is 0 Å². The highest BCUT2D eigenvalue weighted by Crippen LogP contribution is 2.05. The monoisotopic (exact) mass is 133 g/mol. The van der Waals surface area contributed by atoms with Crippen LogP contribution in [0.1, 0.15) is 13.8 Å². The molecule has 48 valence electrons. The molecule has 0 heterocycles. The second kappa shape index (κ2) is 3.78. The summed E-state index contributed by atoms with van der Waals surface area (Å²) in [6.45, 7) is 3.95. The smallest absolute Gasteiger partial charge is 0.219 e. The Morgan fingerprint density at radius 2 is 2.12 bits per heavy atom. The molecule has 0 atom stereocenters. The molecule has 1 amide bonds. The number of carbonyl (C=O) groups is 1. The normalized spacial score (nSPS) is 9.50. The molecule has 0 rings (SSSR count). The summed E-state index contributed by atoms with van der Waals surface area (Å²) in [5.41, 5.74) is 0. The maximum atomic E-state index is 10.1. The van der Waals surface area contributed by atoms with Gasteiger partial charge in [0.25, 0.3) is 0 Å². The van der Waals surface area contributed by atoms with Crippen molar-refractivity contribution in [3.05, 3.63) is 0 Å². The van der Waals surface area contributed by atoms with Crippen molar-refractivity contribution in [3.63, 3.8) is 0 Å². The highest BCUT2D eigenvalue weighted by Gasteiger charge is 2.01. The minimum atomic E-state index is 0.308. The minimum Gasteiger partial charge on any atom is -0.287 e. The molecule has 0 unspecified atom stereocenters. The number of amides is 1. The van der Waals surface area contributed by atoms with E-state index in [0.29, 0.717) is 6.04 Å². The molecule has 2 nitrogen and oxygen atoms in total. The Hall–Kier alpha value is -0.180. The molecule has 0 bridgehead atoms. The molecule has 0 saturated heterocycles. The van der Waals surface area contributed by atoms with E-state index in [0.717, 1.165) is 6.41 Å². The fraction of sp³-hybridized carbons (Fsp3) is 0.800. The van der Waals surface area contributed by atoms with Crippen molar-refractivity contribution in [3.8, 4) is 0 Å². The first-order valence-corrected chi connectivity index (χ1v) is 3.68. The Bertz CT molecular complexity index is 74.8. The lowest BCUT2D eigenvalue weighted by molar-refractivity contribution is -0.114. The summed E-state index contributed by atoms with van der Waals surface area (Å²) in [5, 5.41) is 0. The van der Waals surface area contributed by atoms with E-state index in [1.165, 1.54) is 11.9 Å². The van der Waals surface area contributed by atoms with Gasteiger partial charge in [-0.05, 0) is 13.8 Å². The van der Waals surface area contributed by atoms with Crippen LogP contribution in [0.4, 0.5) is 0 Å². The van der Waals surface area contributed by atoms with Crippen molar-refractivity contribution in [1.29, 1.82) is 0 Å². The number of hydrogen-bond donors (Lipinski definition) is 0. The van der Waals surface area contributed by atoms with Gasteiger partial charge >= 0.3 is 0 Å². The van der Waals surface area contributed by atoms with Crippen LogP contribution in [-0.4, -0.2) is 23.0 Å². The zero-order chi connectivity index (χ0) is 6.57. The third-order valence-corrected chi connectivity index (χ3v) is 1.75. The van der Waals surface area contributed by atoms with E-state index in [9.17, 15) is 4.79 Å². The standard InChI is InChI=1S/C5H11NOS/c1-5(2)6(4-7)8-3/h4-5H,1-3H3. The van der Waals surface area contributed by atoms with Gasteiger partial charge in [-0.3, -0.25) is 9.10 Å². The molecule has 0 fully saturated rings. The fourth-order valence-electron chi connectivity index (χ4n) is 0.376. The van der Waals surface area contributed by atoms with E-state index in [2.05, 4.69) is 0 Å².